The van der Waals surface area contributed by atoms with Gasteiger partial charge in [0.05, 0.1) is 10.0 Å². The summed E-state index contributed by atoms with van der Waals surface area (Å²) in [4.78, 5) is 36.9. The van der Waals surface area contributed by atoms with E-state index in [-0.39, 0.29) is 5.91 Å². The van der Waals surface area contributed by atoms with Crippen LogP contribution < -0.4 is 5.32 Å². The maximum Gasteiger partial charge on any atom is 0.331 e. The molecule has 0 saturated carbocycles. The number of carbonyl (C=O) groups excluding carboxylic acids is 3. The van der Waals surface area contributed by atoms with Crippen molar-refractivity contribution in [2.75, 3.05) is 26.0 Å². The Morgan fingerprint density at radius 1 is 1.04 bits per heavy atom. The molecule has 28 heavy (non-hydrogen) atoms. The van der Waals surface area contributed by atoms with Crippen molar-refractivity contribution in [1.29, 1.82) is 0 Å². The number of amides is 2. The molecule has 0 aliphatic carbocycles. The summed E-state index contributed by atoms with van der Waals surface area (Å²) in [6.45, 7) is -0.442. The van der Waals surface area contributed by atoms with Crippen molar-refractivity contribution in [3.05, 3.63) is 69.7 Å². The first-order valence-corrected chi connectivity index (χ1v) is 8.93. The Labute approximate surface area is 172 Å². The van der Waals surface area contributed by atoms with Crippen LogP contribution in [0.3, 0.4) is 0 Å². The Balaban J connectivity index is 1.83. The van der Waals surface area contributed by atoms with Crippen LogP contribution in [0.2, 0.25) is 10.0 Å². The molecule has 0 aromatic heterocycles. The summed E-state index contributed by atoms with van der Waals surface area (Å²) in [5.74, 6) is -1.31. The van der Waals surface area contributed by atoms with Crippen molar-refractivity contribution in [2.45, 2.75) is 0 Å². The van der Waals surface area contributed by atoms with Crippen molar-refractivity contribution >= 4 is 52.7 Å². The summed E-state index contributed by atoms with van der Waals surface area (Å²) in [5.41, 5.74) is 1.66. The van der Waals surface area contributed by atoms with Gasteiger partial charge in [-0.1, -0.05) is 29.3 Å². The summed E-state index contributed by atoms with van der Waals surface area (Å²) in [6, 6.07) is 11.3. The Morgan fingerprint density at radius 2 is 1.71 bits per heavy atom. The van der Waals surface area contributed by atoms with Crippen LogP contribution in [0.5, 0.6) is 0 Å². The van der Waals surface area contributed by atoms with Gasteiger partial charge in [-0.05, 0) is 48.0 Å². The van der Waals surface area contributed by atoms with E-state index in [1.165, 1.54) is 17.1 Å². The molecule has 0 radical (unpaired) electrons. The van der Waals surface area contributed by atoms with Crippen molar-refractivity contribution in [2.24, 2.45) is 0 Å². The molecule has 2 amide bonds. The van der Waals surface area contributed by atoms with Gasteiger partial charge in [0.2, 0.25) is 0 Å². The summed E-state index contributed by atoms with van der Waals surface area (Å²) in [6.07, 6.45) is 2.69. The molecule has 2 rings (SSSR count). The van der Waals surface area contributed by atoms with Gasteiger partial charge in [-0.3, -0.25) is 9.59 Å². The third kappa shape index (κ3) is 6.40. The summed E-state index contributed by atoms with van der Waals surface area (Å²) in [5, 5.41) is 3.37. The molecule has 2 aromatic carbocycles. The van der Waals surface area contributed by atoms with Crippen LogP contribution in [0.4, 0.5) is 5.69 Å². The first kappa shape index (κ1) is 21.5. The van der Waals surface area contributed by atoms with E-state index in [0.29, 0.717) is 26.9 Å². The van der Waals surface area contributed by atoms with Gasteiger partial charge < -0.3 is 15.0 Å². The van der Waals surface area contributed by atoms with E-state index in [2.05, 4.69) is 5.32 Å². The van der Waals surface area contributed by atoms with E-state index < -0.39 is 18.5 Å². The molecule has 0 unspecified atom stereocenters. The minimum absolute atomic E-state index is 0.138. The van der Waals surface area contributed by atoms with Crippen molar-refractivity contribution < 1.29 is 19.1 Å². The third-order valence-corrected chi connectivity index (χ3v) is 4.26. The molecule has 0 fully saturated rings. The number of nitrogens with one attached hydrogen (secondary N) is 1. The number of hydrogen-bond donors (Lipinski definition) is 1. The van der Waals surface area contributed by atoms with Crippen LogP contribution in [0.15, 0.2) is 48.5 Å². The first-order valence-electron chi connectivity index (χ1n) is 8.17. The molecule has 8 heteroatoms. The van der Waals surface area contributed by atoms with Gasteiger partial charge in [-0.15, -0.1) is 0 Å². The van der Waals surface area contributed by atoms with Crippen molar-refractivity contribution in [3.8, 4) is 0 Å². The number of esters is 1. The van der Waals surface area contributed by atoms with Crippen LogP contribution in [0.1, 0.15) is 15.9 Å². The molecule has 0 heterocycles. The fourth-order valence-corrected chi connectivity index (χ4v) is 2.42. The second-order valence-electron chi connectivity index (χ2n) is 5.94. The number of halogens is 2. The highest BCUT2D eigenvalue weighted by Gasteiger charge is 2.09. The molecule has 0 bridgehead atoms. The number of hydrogen-bond acceptors (Lipinski definition) is 4. The van der Waals surface area contributed by atoms with E-state index in [4.69, 9.17) is 27.9 Å². The molecule has 146 valence electrons. The van der Waals surface area contributed by atoms with E-state index in [1.54, 1.807) is 56.6 Å². The Bertz CT molecular complexity index is 909. The minimum Gasteiger partial charge on any atom is -0.452 e. The molecule has 1 N–H and O–H groups in total. The van der Waals surface area contributed by atoms with Crippen LogP contribution in [-0.4, -0.2) is 43.4 Å². The van der Waals surface area contributed by atoms with Gasteiger partial charge in [-0.2, -0.15) is 0 Å². The average molecular weight is 421 g/mol. The predicted molar refractivity (Wildman–Crippen MR) is 110 cm³/mol. The molecule has 0 aliphatic rings. The Morgan fingerprint density at radius 3 is 2.32 bits per heavy atom. The number of anilines is 1. The summed E-state index contributed by atoms with van der Waals surface area (Å²) < 4.78 is 4.89. The lowest BCUT2D eigenvalue weighted by atomic mass is 10.2. The third-order valence-electron chi connectivity index (χ3n) is 3.52. The highest BCUT2D eigenvalue weighted by molar-refractivity contribution is 6.42. The Hall–Kier alpha value is -2.83. The van der Waals surface area contributed by atoms with E-state index >= 15 is 0 Å². The van der Waals surface area contributed by atoms with Crippen molar-refractivity contribution in [3.63, 3.8) is 0 Å². The quantitative estimate of drug-likeness (QED) is 0.567. The zero-order chi connectivity index (χ0) is 20.7. The van der Waals surface area contributed by atoms with E-state index in [1.807, 2.05) is 0 Å². The maximum atomic E-state index is 11.9. The molecular weight excluding hydrogens is 403 g/mol. The van der Waals surface area contributed by atoms with Gasteiger partial charge in [0, 0.05) is 31.4 Å². The van der Waals surface area contributed by atoms with Crippen LogP contribution in [-0.2, 0) is 14.3 Å². The number of ether oxygens (including phenoxy) is 1. The number of rotatable bonds is 6. The smallest absolute Gasteiger partial charge is 0.331 e. The van der Waals surface area contributed by atoms with Crippen molar-refractivity contribution in [1.82, 2.24) is 4.90 Å². The number of carbonyl (C=O) groups is 3. The van der Waals surface area contributed by atoms with Gasteiger partial charge in [0.15, 0.2) is 6.61 Å². The lowest BCUT2D eigenvalue weighted by molar-refractivity contribution is -0.142. The van der Waals surface area contributed by atoms with Crippen LogP contribution in [0, 0.1) is 0 Å². The molecule has 0 saturated heterocycles. The predicted octanol–water partition coefficient (Wildman–Crippen LogP) is 3.89. The van der Waals surface area contributed by atoms with Gasteiger partial charge >= 0.3 is 5.97 Å². The Kier molecular flexibility index (Phi) is 7.61. The normalized spacial score (nSPS) is 10.6. The standard InChI is InChI=1S/C20H18Cl2N2O4/c1-24(2)20(27)14-5-7-15(8-6-14)23-18(25)12-28-19(26)10-4-13-3-9-16(21)17(22)11-13/h3-11H,12H2,1-2H3,(H,23,25)/b10-4+. The molecular formula is C20H18Cl2N2O4. The highest BCUT2D eigenvalue weighted by Crippen LogP contribution is 2.23. The van der Waals surface area contributed by atoms with Gasteiger partial charge in [-0.25, -0.2) is 4.79 Å². The summed E-state index contributed by atoms with van der Waals surface area (Å²) in [7, 11) is 3.31. The lowest BCUT2D eigenvalue weighted by Gasteiger charge is -2.11. The zero-order valence-corrected chi connectivity index (χ0v) is 16.8. The monoisotopic (exact) mass is 420 g/mol. The largest absolute Gasteiger partial charge is 0.452 e. The molecule has 0 spiro atoms. The fraction of sp³-hybridized carbons (Fsp3) is 0.150. The summed E-state index contributed by atoms with van der Waals surface area (Å²) >= 11 is 11.7. The lowest BCUT2D eigenvalue weighted by Crippen LogP contribution is -2.22. The zero-order valence-electron chi connectivity index (χ0n) is 15.2. The molecule has 2 aromatic rings. The SMILES string of the molecule is CN(C)C(=O)c1ccc(NC(=O)COC(=O)/C=C/c2ccc(Cl)c(Cl)c2)cc1. The topological polar surface area (TPSA) is 75.7 Å². The molecule has 0 aliphatic heterocycles. The van der Waals surface area contributed by atoms with Gasteiger partial charge in [0.25, 0.3) is 11.8 Å². The maximum absolute atomic E-state index is 11.9. The van der Waals surface area contributed by atoms with Gasteiger partial charge in [0.1, 0.15) is 0 Å². The fourth-order valence-electron chi connectivity index (χ4n) is 2.12. The molecule has 0 atom stereocenters. The highest BCUT2D eigenvalue weighted by atomic mass is 35.5. The second-order valence-corrected chi connectivity index (χ2v) is 6.75. The average Bonchev–Trinajstić information content (AvgIpc) is 2.67. The van der Waals surface area contributed by atoms with Crippen LogP contribution in [0.25, 0.3) is 6.08 Å². The first-order chi connectivity index (χ1) is 13.3. The number of benzene rings is 2. The number of nitrogens with zero attached hydrogens (tertiary/aromatic N) is 1. The molecule has 6 nitrogen and oxygen atoms in total. The second kappa shape index (κ2) is 9.92. The van der Waals surface area contributed by atoms with E-state index in [9.17, 15) is 14.4 Å². The minimum atomic E-state index is -0.673. The van der Waals surface area contributed by atoms with E-state index in [0.717, 1.165) is 0 Å². The van der Waals surface area contributed by atoms with Crippen LogP contribution >= 0.6 is 23.2 Å².